The molecule has 1 amide bonds. The van der Waals surface area contributed by atoms with Gasteiger partial charge in [0.25, 0.3) is 5.91 Å². The van der Waals surface area contributed by atoms with E-state index in [0.29, 0.717) is 17.9 Å². The highest BCUT2D eigenvalue weighted by Gasteiger charge is 2.19. The largest absolute Gasteiger partial charge is 0.349 e. The average molecular weight is 394 g/mol. The maximum atomic E-state index is 13.4. The molecular formula is C23H27FN4O. The van der Waals surface area contributed by atoms with E-state index in [0.717, 1.165) is 19.5 Å². The minimum absolute atomic E-state index is 0.196. The molecule has 0 aliphatic rings. The number of amides is 1. The number of carbonyl (C=O) groups excluding carboxylic acids is 1. The second-order valence-corrected chi connectivity index (χ2v) is 6.90. The van der Waals surface area contributed by atoms with Gasteiger partial charge in [0.05, 0.1) is 5.69 Å². The Labute approximate surface area is 171 Å². The van der Waals surface area contributed by atoms with Crippen molar-refractivity contribution < 1.29 is 9.18 Å². The summed E-state index contributed by atoms with van der Waals surface area (Å²) < 4.78 is 14.9. The Kier molecular flexibility index (Phi) is 7.14. The van der Waals surface area contributed by atoms with Gasteiger partial charge >= 0.3 is 0 Å². The summed E-state index contributed by atoms with van der Waals surface area (Å²) in [4.78, 5) is 15.0. The number of carbonyl (C=O) groups is 1. The number of halogens is 1. The summed E-state index contributed by atoms with van der Waals surface area (Å²) in [7, 11) is 0. The van der Waals surface area contributed by atoms with E-state index in [1.54, 1.807) is 24.4 Å². The minimum atomic E-state index is -0.341. The van der Waals surface area contributed by atoms with E-state index in [9.17, 15) is 9.18 Å². The summed E-state index contributed by atoms with van der Waals surface area (Å²) in [6, 6.07) is 18.2. The van der Waals surface area contributed by atoms with Crippen molar-refractivity contribution in [1.82, 2.24) is 20.0 Å². The number of rotatable bonds is 9. The predicted octanol–water partition coefficient (Wildman–Crippen LogP) is 3.69. The molecule has 1 unspecified atom stereocenters. The predicted molar refractivity (Wildman–Crippen MR) is 113 cm³/mol. The van der Waals surface area contributed by atoms with Gasteiger partial charge in [0.15, 0.2) is 5.69 Å². The van der Waals surface area contributed by atoms with Crippen molar-refractivity contribution in [2.24, 2.45) is 0 Å². The molecular weight excluding hydrogens is 367 g/mol. The van der Waals surface area contributed by atoms with Gasteiger partial charge in [0, 0.05) is 18.8 Å². The number of hydrogen-bond donors (Lipinski definition) is 1. The Morgan fingerprint density at radius 2 is 1.86 bits per heavy atom. The van der Waals surface area contributed by atoms with Gasteiger partial charge < -0.3 is 5.32 Å². The van der Waals surface area contributed by atoms with E-state index in [4.69, 9.17) is 0 Å². The van der Waals surface area contributed by atoms with Crippen LogP contribution in [0.3, 0.4) is 0 Å². The maximum absolute atomic E-state index is 13.4. The fourth-order valence-corrected chi connectivity index (χ4v) is 3.47. The van der Waals surface area contributed by atoms with E-state index in [1.807, 2.05) is 18.2 Å². The lowest BCUT2D eigenvalue weighted by molar-refractivity contribution is 0.0929. The molecule has 3 rings (SSSR count). The minimum Gasteiger partial charge on any atom is -0.349 e. The van der Waals surface area contributed by atoms with Gasteiger partial charge in [-0.05, 0) is 49.3 Å². The molecule has 0 aliphatic heterocycles. The fraction of sp³-hybridized carbons (Fsp3) is 0.304. The van der Waals surface area contributed by atoms with Crippen LogP contribution in [0.25, 0.3) is 5.69 Å². The highest BCUT2D eigenvalue weighted by atomic mass is 19.1. The first-order chi connectivity index (χ1) is 14.1. The van der Waals surface area contributed by atoms with Crippen molar-refractivity contribution in [3.05, 3.63) is 83.9 Å². The van der Waals surface area contributed by atoms with Gasteiger partial charge in [-0.2, -0.15) is 5.10 Å². The Balaban J connectivity index is 1.66. The summed E-state index contributed by atoms with van der Waals surface area (Å²) in [5, 5.41) is 7.31. The van der Waals surface area contributed by atoms with Gasteiger partial charge in [-0.1, -0.05) is 50.2 Å². The molecule has 1 atom stereocenters. The van der Waals surface area contributed by atoms with Crippen LogP contribution >= 0.6 is 0 Å². The van der Waals surface area contributed by atoms with Crippen LogP contribution in [0.2, 0.25) is 0 Å². The molecule has 1 N–H and O–H groups in total. The van der Waals surface area contributed by atoms with E-state index >= 15 is 0 Å². The normalized spacial score (nSPS) is 12.1. The SMILES string of the molecule is CCN(CC)C(CNC(=O)c1ccn(-c2cccc(F)c2)n1)Cc1ccccc1. The Hall–Kier alpha value is -2.99. The Bertz CT molecular complexity index is 921. The molecule has 152 valence electrons. The third kappa shape index (κ3) is 5.51. The lowest BCUT2D eigenvalue weighted by atomic mass is 10.0. The van der Waals surface area contributed by atoms with Gasteiger partial charge in [-0.3, -0.25) is 9.69 Å². The molecule has 0 saturated heterocycles. The average Bonchev–Trinajstić information content (AvgIpc) is 3.24. The number of nitrogens with zero attached hydrogens (tertiary/aromatic N) is 3. The first-order valence-corrected chi connectivity index (χ1v) is 9.98. The second kappa shape index (κ2) is 9.98. The molecule has 6 heteroatoms. The van der Waals surface area contributed by atoms with Crippen molar-refractivity contribution in [3.8, 4) is 5.69 Å². The number of benzene rings is 2. The van der Waals surface area contributed by atoms with Crippen LogP contribution in [0.5, 0.6) is 0 Å². The summed E-state index contributed by atoms with van der Waals surface area (Å²) in [6.45, 7) is 6.62. The molecule has 1 aromatic heterocycles. The van der Waals surface area contributed by atoms with Crippen molar-refractivity contribution >= 4 is 5.91 Å². The molecule has 0 fully saturated rings. The Morgan fingerprint density at radius 3 is 2.55 bits per heavy atom. The molecule has 0 radical (unpaired) electrons. The molecule has 0 saturated carbocycles. The summed E-state index contributed by atoms with van der Waals surface area (Å²) >= 11 is 0. The van der Waals surface area contributed by atoms with E-state index in [1.165, 1.54) is 22.4 Å². The third-order valence-electron chi connectivity index (χ3n) is 5.04. The van der Waals surface area contributed by atoms with Crippen LogP contribution < -0.4 is 5.32 Å². The highest BCUT2D eigenvalue weighted by Crippen LogP contribution is 2.11. The zero-order valence-electron chi connectivity index (χ0n) is 16.9. The van der Waals surface area contributed by atoms with Crippen LogP contribution in [0, 0.1) is 5.82 Å². The van der Waals surface area contributed by atoms with Crippen LogP contribution in [0.1, 0.15) is 29.9 Å². The van der Waals surface area contributed by atoms with E-state index < -0.39 is 0 Å². The van der Waals surface area contributed by atoms with Crippen LogP contribution in [0.4, 0.5) is 4.39 Å². The Morgan fingerprint density at radius 1 is 1.10 bits per heavy atom. The lowest BCUT2D eigenvalue weighted by Gasteiger charge is -2.30. The van der Waals surface area contributed by atoms with Crippen molar-refractivity contribution in [2.75, 3.05) is 19.6 Å². The zero-order chi connectivity index (χ0) is 20.6. The molecule has 3 aromatic rings. The smallest absolute Gasteiger partial charge is 0.271 e. The van der Waals surface area contributed by atoms with Gasteiger partial charge in [-0.25, -0.2) is 9.07 Å². The number of nitrogens with one attached hydrogen (secondary N) is 1. The van der Waals surface area contributed by atoms with Crippen LogP contribution in [0.15, 0.2) is 66.9 Å². The molecule has 1 heterocycles. The summed E-state index contributed by atoms with van der Waals surface area (Å²) in [5.41, 5.74) is 2.13. The second-order valence-electron chi connectivity index (χ2n) is 6.90. The molecule has 0 aliphatic carbocycles. The van der Waals surface area contributed by atoms with Crippen molar-refractivity contribution in [1.29, 1.82) is 0 Å². The highest BCUT2D eigenvalue weighted by molar-refractivity contribution is 5.92. The standard InChI is InChI=1S/C23H27FN4O/c1-3-27(4-2)21(15-18-9-6-5-7-10-18)17-25-23(29)22-13-14-28(26-22)20-12-8-11-19(24)16-20/h5-14,16,21H,3-4,15,17H2,1-2H3,(H,25,29). The molecule has 2 aromatic carbocycles. The monoisotopic (exact) mass is 394 g/mol. The number of likely N-dealkylation sites (N-methyl/N-ethyl adjacent to an activating group) is 1. The zero-order valence-corrected chi connectivity index (χ0v) is 16.9. The molecule has 0 bridgehead atoms. The fourth-order valence-electron chi connectivity index (χ4n) is 3.47. The maximum Gasteiger partial charge on any atom is 0.271 e. The lowest BCUT2D eigenvalue weighted by Crippen LogP contribution is -2.45. The summed E-state index contributed by atoms with van der Waals surface area (Å²) in [6.07, 6.45) is 2.52. The summed E-state index contributed by atoms with van der Waals surface area (Å²) in [5.74, 6) is -0.572. The van der Waals surface area contributed by atoms with E-state index in [2.05, 4.69) is 41.3 Å². The third-order valence-corrected chi connectivity index (χ3v) is 5.04. The van der Waals surface area contributed by atoms with Crippen molar-refractivity contribution in [3.63, 3.8) is 0 Å². The van der Waals surface area contributed by atoms with Gasteiger partial charge in [0.1, 0.15) is 5.82 Å². The number of hydrogen-bond acceptors (Lipinski definition) is 3. The van der Waals surface area contributed by atoms with E-state index in [-0.39, 0.29) is 17.8 Å². The van der Waals surface area contributed by atoms with Crippen LogP contribution in [-0.2, 0) is 6.42 Å². The molecule has 29 heavy (non-hydrogen) atoms. The van der Waals surface area contributed by atoms with Gasteiger partial charge in [0.2, 0.25) is 0 Å². The first kappa shape index (κ1) is 20.7. The number of aromatic nitrogens is 2. The molecule has 5 nitrogen and oxygen atoms in total. The molecule has 0 spiro atoms. The quantitative estimate of drug-likeness (QED) is 0.602. The first-order valence-electron chi connectivity index (χ1n) is 9.98. The van der Waals surface area contributed by atoms with Crippen molar-refractivity contribution in [2.45, 2.75) is 26.3 Å². The van der Waals surface area contributed by atoms with Crippen LogP contribution in [-0.4, -0.2) is 46.3 Å². The van der Waals surface area contributed by atoms with Gasteiger partial charge in [-0.15, -0.1) is 0 Å². The topological polar surface area (TPSA) is 50.2 Å².